The summed E-state index contributed by atoms with van der Waals surface area (Å²) in [5.74, 6) is -0.154. The number of furan rings is 1. The zero-order valence-corrected chi connectivity index (χ0v) is 19.8. The fourth-order valence-corrected chi connectivity index (χ4v) is 4.02. The fourth-order valence-electron chi connectivity index (χ4n) is 4.02. The van der Waals surface area contributed by atoms with E-state index in [2.05, 4.69) is 10.6 Å². The molecule has 3 aromatic rings. The maximum Gasteiger partial charge on any atom is 0.255 e. The second kappa shape index (κ2) is 9.76. The van der Waals surface area contributed by atoms with Crippen LogP contribution in [0.1, 0.15) is 35.5 Å². The molecule has 1 unspecified atom stereocenters. The molecule has 2 aromatic carbocycles. The maximum absolute atomic E-state index is 13.3. The summed E-state index contributed by atoms with van der Waals surface area (Å²) in [6, 6.07) is 16.4. The van der Waals surface area contributed by atoms with E-state index < -0.39 is 29.5 Å². The maximum atomic E-state index is 13.3. The molecule has 1 aliphatic heterocycles. The van der Waals surface area contributed by atoms with Gasteiger partial charge in [-0.2, -0.15) is 0 Å². The number of Topliss-reactive ketones (excluding diaryl/α,β-unsaturated/α-hetero) is 1. The van der Waals surface area contributed by atoms with Gasteiger partial charge in [-0.3, -0.25) is 14.4 Å². The van der Waals surface area contributed by atoms with Crippen molar-refractivity contribution in [3.63, 3.8) is 0 Å². The van der Waals surface area contributed by atoms with Gasteiger partial charge in [0.1, 0.15) is 35.5 Å². The van der Waals surface area contributed by atoms with Crippen molar-refractivity contribution in [3.05, 3.63) is 77.6 Å². The van der Waals surface area contributed by atoms with Crippen LogP contribution in [0.25, 0.3) is 11.3 Å². The van der Waals surface area contributed by atoms with Gasteiger partial charge in [-0.05, 0) is 44.5 Å². The first kappa shape index (κ1) is 24.2. The molecule has 4 rings (SSSR count). The lowest BCUT2D eigenvalue weighted by atomic mass is 9.92. The van der Waals surface area contributed by atoms with E-state index in [-0.39, 0.29) is 24.6 Å². The molecule has 0 saturated carbocycles. The molecule has 8 heteroatoms. The van der Waals surface area contributed by atoms with Crippen molar-refractivity contribution in [2.45, 2.75) is 44.9 Å². The number of rotatable bonds is 7. The molecule has 35 heavy (non-hydrogen) atoms. The third-order valence-corrected chi connectivity index (χ3v) is 6.46. The Bertz CT molecular complexity index is 1230. The summed E-state index contributed by atoms with van der Waals surface area (Å²) in [7, 11) is 0. The number of benzene rings is 2. The minimum Gasteiger partial charge on any atom is -0.508 e. The van der Waals surface area contributed by atoms with Crippen molar-refractivity contribution in [2.75, 3.05) is 6.61 Å². The zero-order valence-electron chi connectivity index (χ0n) is 19.8. The third-order valence-electron chi connectivity index (χ3n) is 6.46. The Morgan fingerprint density at radius 1 is 1.14 bits per heavy atom. The lowest BCUT2D eigenvalue weighted by Crippen LogP contribution is -2.60. The molecule has 0 aliphatic carbocycles. The van der Waals surface area contributed by atoms with Crippen LogP contribution in [0.4, 0.5) is 0 Å². The molecule has 2 heterocycles. The predicted molar refractivity (Wildman–Crippen MR) is 129 cm³/mol. The topological polar surface area (TPSA) is 118 Å². The van der Waals surface area contributed by atoms with Gasteiger partial charge in [0.05, 0.1) is 11.7 Å². The summed E-state index contributed by atoms with van der Waals surface area (Å²) < 4.78 is 11.2. The number of hydrogen-bond acceptors (Lipinski definition) is 6. The highest BCUT2D eigenvalue weighted by Gasteiger charge is 2.47. The lowest BCUT2D eigenvalue weighted by Gasteiger charge is -2.29. The van der Waals surface area contributed by atoms with Gasteiger partial charge in [-0.25, -0.2) is 0 Å². The quantitative estimate of drug-likeness (QED) is 0.482. The average molecular weight is 477 g/mol. The van der Waals surface area contributed by atoms with Gasteiger partial charge in [0.2, 0.25) is 5.91 Å². The summed E-state index contributed by atoms with van der Waals surface area (Å²) in [6.45, 7) is 4.95. The van der Waals surface area contributed by atoms with E-state index in [0.717, 1.165) is 11.1 Å². The summed E-state index contributed by atoms with van der Waals surface area (Å²) in [4.78, 5) is 39.0. The third kappa shape index (κ3) is 5.12. The Balaban J connectivity index is 1.58. The van der Waals surface area contributed by atoms with Crippen LogP contribution in [0, 0.1) is 6.92 Å². The standard InChI is InChI=1S/C27H28N2O6/c1-16-21(14-23(35-16)19-7-5-4-6-8-19)25(32)28-22(13-18-9-11-20(30)12-10-18)26(33)29-27(3)17(2)34-15-24(27)31/h4-12,14,17,22,30H,13,15H2,1-3H3,(H,28,32)(H,29,33)/t17-,22?,27-/m1/s1. The van der Waals surface area contributed by atoms with Crippen LogP contribution in [-0.4, -0.2) is 47.0 Å². The summed E-state index contributed by atoms with van der Waals surface area (Å²) in [5, 5.41) is 15.2. The molecule has 0 bridgehead atoms. The van der Waals surface area contributed by atoms with Crippen molar-refractivity contribution >= 4 is 17.6 Å². The second-order valence-electron chi connectivity index (χ2n) is 8.91. The van der Waals surface area contributed by atoms with Gasteiger partial charge in [-0.15, -0.1) is 0 Å². The van der Waals surface area contributed by atoms with Gasteiger partial charge in [-0.1, -0.05) is 42.5 Å². The fraction of sp³-hybridized carbons (Fsp3) is 0.296. The van der Waals surface area contributed by atoms with E-state index in [4.69, 9.17) is 9.15 Å². The molecular formula is C27H28N2O6. The summed E-state index contributed by atoms with van der Waals surface area (Å²) in [5.41, 5.74) is 0.673. The number of hydrogen-bond donors (Lipinski definition) is 3. The first-order chi connectivity index (χ1) is 16.7. The first-order valence-electron chi connectivity index (χ1n) is 11.4. The molecule has 3 N–H and O–H groups in total. The Hall–Kier alpha value is -3.91. The van der Waals surface area contributed by atoms with E-state index in [1.54, 1.807) is 39.0 Å². The number of carbonyl (C=O) groups is 3. The molecule has 2 amide bonds. The Kier molecular flexibility index (Phi) is 6.75. The molecule has 182 valence electrons. The Labute approximate surface area is 203 Å². The highest BCUT2D eigenvalue weighted by Crippen LogP contribution is 2.26. The van der Waals surface area contributed by atoms with E-state index in [9.17, 15) is 19.5 Å². The number of ketones is 1. The average Bonchev–Trinajstić information content (AvgIpc) is 3.35. The Morgan fingerprint density at radius 3 is 2.46 bits per heavy atom. The number of aryl methyl sites for hydroxylation is 1. The van der Waals surface area contributed by atoms with E-state index in [1.165, 1.54) is 12.1 Å². The molecule has 1 aromatic heterocycles. The molecule has 1 saturated heterocycles. The molecule has 0 spiro atoms. The minimum atomic E-state index is -1.19. The molecule has 3 atom stereocenters. The molecular weight excluding hydrogens is 448 g/mol. The van der Waals surface area contributed by atoms with E-state index >= 15 is 0 Å². The SMILES string of the molecule is Cc1oc(-c2ccccc2)cc1C(=O)NC(Cc1ccc(O)cc1)C(=O)N[C@@]1(C)C(=O)CO[C@@H]1C. The van der Waals surface area contributed by atoms with Gasteiger partial charge in [0.15, 0.2) is 5.78 Å². The van der Waals surface area contributed by atoms with Crippen LogP contribution in [0.2, 0.25) is 0 Å². The first-order valence-corrected chi connectivity index (χ1v) is 11.4. The van der Waals surface area contributed by atoms with Crippen LogP contribution in [0.3, 0.4) is 0 Å². The monoisotopic (exact) mass is 476 g/mol. The molecule has 0 radical (unpaired) electrons. The van der Waals surface area contributed by atoms with Crippen molar-refractivity contribution in [3.8, 4) is 17.1 Å². The van der Waals surface area contributed by atoms with Crippen LogP contribution in [0.5, 0.6) is 5.75 Å². The number of ether oxygens (including phenoxy) is 1. The van der Waals surface area contributed by atoms with Crippen LogP contribution in [-0.2, 0) is 20.7 Å². The lowest BCUT2D eigenvalue weighted by molar-refractivity contribution is -0.130. The number of amides is 2. The van der Waals surface area contributed by atoms with Crippen molar-refractivity contribution in [2.24, 2.45) is 0 Å². The Morgan fingerprint density at radius 2 is 1.83 bits per heavy atom. The highest BCUT2D eigenvalue weighted by atomic mass is 16.5. The summed E-state index contributed by atoms with van der Waals surface area (Å²) >= 11 is 0. The number of phenolic OH excluding ortho intramolecular Hbond substituents is 1. The number of nitrogens with one attached hydrogen (secondary N) is 2. The van der Waals surface area contributed by atoms with Gasteiger partial charge in [0.25, 0.3) is 5.91 Å². The molecule has 1 fully saturated rings. The number of aromatic hydroxyl groups is 1. The smallest absolute Gasteiger partial charge is 0.255 e. The highest BCUT2D eigenvalue weighted by molar-refractivity contribution is 6.01. The predicted octanol–water partition coefficient (Wildman–Crippen LogP) is 3.16. The normalized spacial score (nSPS) is 20.4. The van der Waals surface area contributed by atoms with Crippen LogP contribution < -0.4 is 10.6 Å². The van der Waals surface area contributed by atoms with Crippen molar-refractivity contribution in [1.82, 2.24) is 10.6 Å². The number of phenols is 1. The van der Waals surface area contributed by atoms with Gasteiger partial charge < -0.3 is 24.9 Å². The zero-order chi connectivity index (χ0) is 25.2. The van der Waals surface area contributed by atoms with Crippen molar-refractivity contribution < 1.29 is 28.6 Å². The largest absolute Gasteiger partial charge is 0.508 e. The van der Waals surface area contributed by atoms with E-state index in [0.29, 0.717) is 17.1 Å². The van der Waals surface area contributed by atoms with Crippen LogP contribution in [0.15, 0.2) is 65.1 Å². The molecule has 1 aliphatic rings. The van der Waals surface area contributed by atoms with Gasteiger partial charge in [0, 0.05) is 12.0 Å². The van der Waals surface area contributed by atoms with Gasteiger partial charge >= 0.3 is 0 Å². The van der Waals surface area contributed by atoms with Crippen LogP contribution >= 0.6 is 0 Å². The van der Waals surface area contributed by atoms with E-state index in [1.807, 2.05) is 30.3 Å². The minimum absolute atomic E-state index is 0.0799. The second-order valence-corrected chi connectivity index (χ2v) is 8.91. The number of carbonyl (C=O) groups excluding carboxylic acids is 3. The van der Waals surface area contributed by atoms with Crippen molar-refractivity contribution in [1.29, 1.82) is 0 Å². The molecule has 8 nitrogen and oxygen atoms in total. The summed E-state index contributed by atoms with van der Waals surface area (Å²) in [6.07, 6.45) is -0.353.